The fraction of sp³-hybridized carbons (Fsp3) is 0.231. The van der Waals surface area contributed by atoms with Gasteiger partial charge >= 0.3 is 0 Å². The van der Waals surface area contributed by atoms with Crippen LogP contribution in [0.4, 0.5) is 5.69 Å². The van der Waals surface area contributed by atoms with E-state index in [1.165, 1.54) is 10.4 Å². The second-order valence-corrected chi connectivity index (χ2v) is 9.79. The van der Waals surface area contributed by atoms with Gasteiger partial charge in [0.1, 0.15) is 5.82 Å². The van der Waals surface area contributed by atoms with Crippen LogP contribution in [0.25, 0.3) is 16.7 Å². The van der Waals surface area contributed by atoms with Crippen molar-refractivity contribution in [1.29, 1.82) is 0 Å². The van der Waals surface area contributed by atoms with Crippen molar-refractivity contribution in [2.24, 2.45) is 0 Å². The number of benzene rings is 3. The molecule has 0 unspecified atom stereocenters. The molecule has 0 spiro atoms. The van der Waals surface area contributed by atoms with Crippen LogP contribution in [0.2, 0.25) is 0 Å². The molecule has 7 nitrogen and oxygen atoms in total. The van der Waals surface area contributed by atoms with Crippen molar-refractivity contribution in [3.63, 3.8) is 0 Å². The molecule has 176 valence electrons. The van der Waals surface area contributed by atoms with E-state index in [-0.39, 0.29) is 17.2 Å². The molecule has 1 N–H and O–H groups in total. The lowest BCUT2D eigenvalue weighted by molar-refractivity contribution is -0.116. The highest BCUT2D eigenvalue weighted by Gasteiger charge is 2.22. The van der Waals surface area contributed by atoms with Gasteiger partial charge in [-0.05, 0) is 42.5 Å². The minimum absolute atomic E-state index is 0.167. The first-order valence-corrected chi connectivity index (χ1v) is 12.8. The van der Waals surface area contributed by atoms with Gasteiger partial charge in [-0.25, -0.2) is 13.4 Å². The number of fused-ring (bicyclic) bond motifs is 1. The lowest BCUT2D eigenvalue weighted by Gasteiger charge is -2.18. The Morgan fingerprint density at radius 3 is 2.38 bits per heavy atom. The summed E-state index contributed by atoms with van der Waals surface area (Å²) in [4.78, 5) is 17.7. The van der Waals surface area contributed by atoms with Crippen LogP contribution in [0.1, 0.15) is 26.1 Å². The Labute approximate surface area is 200 Å². The Balaban J connectivity index is 1.52. The maximum Gasteiger partial charge on any atom is 0.243 e. The summed E-state index contributed by atoms with van der Waals surface area (Å²) in [5.74, 6) is 0.587. The standard InChI is InChI=1S/C26H28N4O3S/c1-3-29(4-2)34(32,33)22-14-10-11-20(19-22)27-26(31)18-17-25-28-23-15-8-9-16-24(23)30(25)21-12-6-5-7-13-21/h5-16,19H,3-4,17-18H2,1-2H3,(H,27,31). The fourth-order valence-electron chi connectivity index (χ4n) is 4.00. The van der Waals surface area contributed by atoms with E-state index < -0.39 is 10.0 Å². The molecule has 0 fully saturated rings. The largest absolute Gasteiger partial charge is 0.326 e. The number of carbonyl (C=O) groups excluding carboxylic acids is 1. The van der Waals surface area contributed by atoms with Crippen molar-refractivity contribution in [3.05, 3.63) is 84.7 Å². The summed E-state index contributed by atoms with van der Waals surface area (Å²) < 4.78 is 29.1. The Morgan fingerprint density at radius 2 is 1.65 bits per heavy atom. The van der Waals surface area contributed by atoms with Gasteiger partial charge in [-0.1, -0.05) is 50.2 Å². The number of anilines is 1. The number of aromatic nitrogens is 2. The van der Waals surface area contributed by atoms with Gasteiger partial charge < -0.3 is 5.32 Å². The SMILES string of the molecule is CCN(CC)S(=O)(=O)c1cccc(NC(=O)CCc2nc3ccccc3n2-c2ccccc2)c1. The van der Waals surface area contributed by atoms with E-state index in [1.807, 2.05) is 54.6 Å². The minimum Gasteiger partial charge on any atom is -0.326 e. The molecule has 0 aliphatic heterocycles. The van der Waals surface area contributed by atoms with Gasteiger partial charge in [0.2, 0.25) is 15.9 Å². The van der Waals surface area contributed by atoms with Crippen molar-refractivity contribution >= 4 is 32.7 Å². The molecule has 0 bridgehead atoms. The molecule has 4 rings (SSSR count). The van der Waals surface area contributed by atoms with Crippen molar-refractivity contribution in [2.45, 2.75) is 31.6 Å². The second-order valence-electron chi connectivity index (χ2n) is 7.85. The van der Waals surface area contributed by atoms with E-state index in [4.69, 9.17) is 4.98 Å². The predicted octanol–water partition coefficient (Wildman–Crippen LogP) is 4.63. The molecule has 0 aliphatic carbocycles. The third-order valence-corrected chi connectivity index (χ3v) is 7.73. The third-order valence-electron chi connectivity index (χ3n) is 5.68. The van der Waals surface area contributed by atoms with Crippen molar-refractivity contribution in [3.8, 4) is 5.69 Å². The van der Waals surface area contributed by atoms with Gasteiger partial charge in [0.25, 0.3) is 0 Å². The highest BCUT2D eigenvalue weighted by Crippen LogP contribution is 2.23. The molecule has 0 saturated carbocycles. The molecule has 0 saturated heterocycles. The number of amides is 1. The van der Waals surface area contributed by atoms with Crippen LogP contribution in [-0.4, -0.2) is 41.3 Å². The average Bonchev–Trinajstić information content (AvgIpc) is 3.22. The van der Waals surface area contributed by atoms with E-state index in [0.29, 0.717) is 25.2 Å². The number of aryl methyl sites for hydroxylation is 1. The van der Waals surface area contributed by atoms with Crippen LogP contribution >= 0.6 is 0 Å². The van der Waals surface area contributed by atoms with Gasteiger partial charge in [0.15, 0.2) is 0 Å². The molecule has 3 aromatic carbocycles. The first kappa shape index (κ1) is 23.7. The first-order valence-electron chi connectivity index (χ1n) is 11.4. The maximum atomic E-state index is 12.8. The molecule has 1 heterocycles. The monoisotopic (exact) mass is 476 g/mol. The Kier molecular flexibility index (Phi) is 7.09. The highest BCUT2D eigenvalue weighted by molar-refractivity contribution is 7.89. The number of rotatable bonds is 9. The van der Waals surface area contributed by atoms with E-state index >= 15 is 0 Å². The summed E-state index contributed by atoms with van der Waals surface area (Å²) in [5, 5.41) is 2.83. The molecular formula is C26H28N4O3S. The lowest BCUT2D eigenvalue weighted by Crippen LogP contribution is -2.30. The summed E-state index contributed by atoms with van der Waals surface area (Å²) in [6, 6.07) is 24.2. The van der Waals surface area contributed by atoms with Gasteiger partial charge in [0.05, 0.1) is 15.9 Å². The molecule has 0 atom stereocenters. The number of carbonyl (C=O) groups is 1. The molecule has 0 aliphatic rings. The fourth-order valence-corrected chi connectivity index (χ4v) is 5.51. The van der Waals surface area contributed by atoms with Crippen LogP contribution in [0, 0.1) is 0 Å². The number of nitrogens with zero attached hydrogens (tertiary/aromatic N) is 3. The summed E-state index contributed by atoms with van der Waals surface area (Å²) in [6.45, 7) is 4.38. The van der Waals surface area contributed by atoms with Crippen molar-refractivity contribution in [2.75, 3.05) is 18.4 Å². The summed E-state index contributed by atoms with van der Waals surface area (Å²) in [6.07, 6.45) is 0.649. The molecule has 0 radical (unpaired) electrons. The summed E-state index contributed by atoms with van der Waals surface area (Å²) >= 11 is 0. The van der Waals surface area contributed by atoms with Crippen LogP contribution in [0.15, 0.2) is 83.8 Å². The summed E-state index contributed by atoms with van der Waals surface area (Å²) in [5.41, 5.74) is 3.30. The third kappa shape index (κ3) is 4.88. The van der Waals surface area contributed by atoms with Gasteiger partial charge in [0, 0.05) is 37.3 Å². The van der Waals surface area contributed by atoms with Crippen LogP contribution in [0.3, 0.4) is 0 Å². The molecule has 1 amide bonds. The topological polar surface area (TPSA) is 84.3 Å². The van der Waals surface area contributed by atoms with E-state index in [9.17, 15) is 13.2 Å². The molecular weight excluding hydrogens is 448 g/mol. The van der Waals surface area contributed by atoms with E-state index in [2.05, 4.69) is 9.88 Å². The molecule has 34 heavy (non-hydrogen) atoms. The molecule has 1 aromatic heterocycles. The van der Waals surface area contributed by atoms with Gasteiger partial charge in [-0.3, -0.25) is 9.36 Å². The maximum absolute atomic E-state index is 12.8. The Hall–Kier alpha value is -3.49. The zero-order valence-electron chi connectivity index (χ0n) is 19.3. The molecule has 8 heteroatoms. The second kappa shape index (κ2) is 10.2. The highest BCUT2D eigenvalue weighted by atomic mass is 32.2. The van der Waals surface area contributed by atoms with Gasteiger partial charge in [-0.15, -0.1) is 0 Å². The van der Waals surface area contributed by atoms with Crippen LogP contribution in [0.5, 0.6) is 0 Å². The number of sulfonamides is 1. The zero-order valence-corrected chi connectivity index (χ0v) is 20.1. The zero-order chi connectivity index (χ0) is 24.1. The number of imidazole rings is 1. The number of hydrogen-bond acceptors (Lipinski definition) is 4. The van der Waals surface area contributed by atoms with Gasteiger partial charge in [-0.2, -0.15) is 4.31 Å². The van der Waals surface area contributed by atoms with E-state index in [1.54, 1.807) is 32.0 Å². The van der Waals surface area contributed by atoms with E-state index in [0.717, 1.165) is 22.5 Å². The average molecular weight is 477 g/mol. The Bertz CT molecular complexity index is 1390. The molecule has 4 aromatic rings. The predicted molar refractivity (Wildman–Crippen MR) is 135 cm³/mol. The lowest BCUT2D eigenvalue weighted by atomic mass is 10.2. The number of hydrogen-bond donors (Lipinski definition) is 1. The van der Waals surface area contributed by atoms with Crippen molar-refractivity contribution < 1.29 is 13.2 Å². The van der Waals surface area contributed by atoms with Crippen LogP contribution < -0.4 is 5.32 Å². The van der Waals surface area contributed by atoms with Crippen LogP contribution in [-0.2, 0) is 21.2 Å². The smallest absolute Gasteiger partial charge is 0.243 e. The Morgan fingerprint density at radius 1 is 0.941 bits per heavy atom. The number of para-hydroxylation sites is 3. The normalized spacial score (nSPS) is 11.7. The van der Waals surface area contributed by atoms with Crippen molar-refractivity contribution in [1.82, 2.24) is 13.9 Å². The quantitative estimate of drug-likeness (QED) is 0.382. The number of nitrogens with one attached hydrogen (secondary N) is 1. The first-order chi connectivity index (χ1) is 16.4. The minimum atomic E-state index is -3.60. The summed E-state index contributed by atoms with van der Waals surface area (Å²) in [7, 11) is -3.60.